The van der Waals surface area contributed by atoms with E-state index >= 15 is 0 Å². The average Bonchev–Trinajstić information content (AvgIpc) is 2.22. The number of hydrogen-bond donors (Lipinski definition) is 0. The molecule has 85 valence electrons. The van der Waals surface area contributed by atoms with Crippen LogP contribution in [0.25, 0.3) is 0 Å². The molecule has 0 atom stereocenters. The Morgan fingerprint density at radius 3 is 2.20 bits per heavy atom. The predicted molar refractivity (Wildman–Crippen MR) is 66.5 cm³/mol. The predicted octanol–water partition coefficient (Wildman–Crippen LogP) is 4.21. The van der Waals surface area contributed by atoms with Crippen molar-refractivity contribution in [1.29, 1.82) is 0 Å². The van der Waals surface area contributed by atoms with Gasteiger partial charge in [0.05, 0.1) is 0 Å². The smallest absolute Gasteiger partial charge is 0.204 e. The fraction of sp³-hybridized carbons (Fsp3) is 0.643. The van der Waals surface area contributed by atoms with Crippen molar-refractivity contribution in [3.05, 3.63) is 24.3 Å². The zero-order valence-corrected chi connectivity index (χ0v) is 10.3. The van der Waals surface area contributed by atoms with Crippen LogP contribution in [0.2, 0.25) is 0 Å². The van der Waals surface area contributed by atoms with E-state index in [9.17, 15) is 4.79 Å². The van der Waals surface area contributed by atoms with Gasteiger partial charge in [0.2, 0.25) is 6.29 Å². The Hall–Kier alpha value is -0.850. The summed E-state index contributed by atoms with van der Waals surface area (Å²) in [5.74, 6) is 0. The van der Waals surface area contributed by atoms with Crippen molar-refractivity contribution in [2.24, 2.45) is 5.41 Å². The summed E-state index contributed by atoms with van der Waals surface area (Å²) in [6, 6.07) is 0. The Labute approximate surface area is 94.3 Å². The van der Waals surface area contributed by atoms with E-state index in [0.717, 1.165) is 25.7 Å². The molecular formula is C14H23O. The summed E-state index contributed by atoms with van der Waals surface area (Å²) in [7, 11) is 0. The van der Waals surface area contributed by atoms with Crippen molar-refractivity contribution >= 4 is 6.29 Å². The first-order chi connectivity index (χ1) is 7.12. The van der Waals surface area contributed by atoms with Crippen LogP contribution in [0, 0.1) is 5.41 Å². The number of carbonyl (C=O) groups excluding carboxylic acids is 1. The van der Waals surface area contributed by atoms with Gasteiger partial charge in [-0.3, -0.25) is 4.79 Å². The first kappa shape index (κ1) is 14.2. The van der Waals surface area contributed by atoms with E-state index in [1.807, 2.05) is 20.1 Å². The van der Waals surface area contributed by atoms with Crippen LogP contribution in [0.5, 0.6) is 0 Å². The third-order valence-electron chi connectivity index (χ3n) is 2.22. The lowest BCUT2D eigenvalue weighted by molar-refractivity contribution is 0.454. The minimum atomic E-state index is -0.321. The quantitative estimate of drug-likeness (QED) is 0.430. The number of allylic oxidation sites excluding steroid dienone is 4. The Morgan fingerprint density at radius 2 is 1.67 bits per heavy atom. The van der Waals surface area contributed by atoms with E-state index in [1.54, 1.807) is 0 Å². The molecule has 15 heavy (non-hydrogen) atoms. The molecule has 0 saturated carbocycles. The highest BCUT2D eigenvalue weighted by molar-refractivity contribution is 5.59. The molecule has 0 aromatic heterocycles. The van der Waals surface area contributed by atoms with Crippen molar-refractivity contribution in [2.75, 3.05) is 0 Å². The zero-order valence-electron chi connectivity index (χ0n) is 10.3. The van der Waals surface area contributed by atoms with E-state index in [0.29, 0.717) is 0 Å². The first-order valence-corrected chi connectivity index (χ1v) is 5.81. The molecule has 0 amide bonds. The third kappa shape index (κ3) is 9.45. The van der Waals surface area contributed by atoms with Gasteiger partial charge < -0.3 is 0 Å². The number of rotatable bonds is 8. The number of unbranched alkanes of at least 4 members (excludes halogenated alkanes) is 2. The minimum Gasteiger partial charge on any atom is -0.290 e. The second-order valence-electron chi connectivity index (χ2n) is 4.47. The normalized spacial score (nSPS) is 12.7. The summed E-state index contributed by atoms with van der Waals surface area (Å²) in [5.41, 5.74) is -0.321. The maximum Gasteiger partial charge on any atom is 0.204 e. The fourth-order valence-electron chi connectivity index (χ4n) is 1.18. The highest BCUT2D eigenvalue weighted by atomic mass is 16.1. The maximum absolute atomic E-state index is 10.5. The largest absolute Gasteiger partial charge is 0.290 e. The van der Waals surface area contributed by atoms with Gasteiger partial charge >= 0.3 is 0 Å². The fourth-order valence-corrected chi connectivity index (χ4v) is 1.18. The Bertz CT molecular complexity index is 211. The van der Waals surface area contributed by atoms with Gasteiger partial charge in [-0.05, 0) is 32.1 Å². The van der Waals surface area contributed by atoms with Crippen LogP contribution < -0.4 is 0 Å². The lowest BCUT2D eigenvalue weighted by Gasteiger charge is -2.11. The molecule has 1 nitrogen and oxygen atoms in total. The standard InChI is InChI=1S/C14H23O/c1-4-5-6-7-8-9-10-11-12-14(2,3)13-15/h5-6,10-11H,4,7-9,12H2,1-3H3/b6-5+,11-10+. The van der Waals surface area contributed by atoms with Crippen molar-refractivity contribution < 1.29 is 4.79 Å². The zero-order chi connectivity index (χ0) is 11.6. The van der Waals surface area contributed by atoms with E-state index in [-0.39, 0.29) is 5.41 Å². The van der Waals surface area contributed by atoms with Gasteiger partial charge in [-0.1, -0.05) is 45.1 Å². The molecule has 0 heterocycles. The second-order valence-corrected chi connectivity index (χ2v) is 4.47. The molecule has 0 aromatic carbocycles. The highest BCUT2D eigenvalue weighted by Crippen LogP contribution is 2.17. The maximum atomic E-state index is 10.5. The van der Waals surface area contributed by atoms with Crippen molar-refractivity contribution in [3.63, 3.8) is 0 Å². The summed E-state index contributed by atoms with van der Waals surface area (Å²) in [5, 5.41) is 0. The molecule has 0 fully saturated rings. The van der Waals surface area contributed by atoms with E-state index in [2.05, 4.69) is 31.2 Å². The number of hydrogen-bond acceptors (Lipinski definition) is 1. The molecule has 0 aliphatic heterocycles. The highest BCUT2D eigenvalue weighted by Gasteiger charge is 2.14. The summed E-state index contributed by atoms with van der Waals surface area (Å²) in [6.45, 7) is 5.97. The first-order valence-electron chi connectivity index (χ1n) is 5.81. The topological polar surface area (TPSA) is 17.1 Å². The summed E-state index contributed by atoms with van der Waals surface area (Å²) < 4.78 is 0. The SMILES string of the molecule is CC/C=C/CCC/C=C/CC(C)(C)[C]=O. The van der Waals surface area contributed by atoms with Crippen LogP contribution in [0.4, 0.5) is 0 Å². The molecule has 0 rings (SSSR count). The molecule has 0 N–H and O–H groups in total. The summed E-state index contributed by atoms with van der Waals surface area (Å²) in [6.07, 6.45) is 16.1. The lowest BCUT2D eigenvalue weighted by Crippen LogP contribution is -2.10. The van der Waals surface area contributed by atoms with Gasteiger partial charge in [-0.2, -0.15) is 0 Å². The second kappa shape index (κ2) is 8.46. The van der Waals surface area contributed by atoms with Crippen LogP contribution in [0.15, 0.2) is 24.3 Å². The Morgan fingerprint density at radius 1 is 1.07 bits per heavy atom. The van der Waals surface area contributed by atoms with Gasteiger partial charge in [0.1, 0.15) is 0 Å². The third-order valence-corrected chi connectivity index (χ3v) is 2.22. The van der Waals surface area contributed by atoms with Crippen molar-refractivity contribution in [2.45, 2.75) is 52.9 Å². The van der Waals surface area contributed by atoms with Gasteiger partial charge in [0.25, 0.3) is 0 Å². The molecule has 1 heteroatoms. The van der Waals surface area contributed by atoms with Crippen molar-refractivity contribution in [1.82, 2.24) is 0 Å². The minimum absolute atomic E-state index is 0.321. The molecular weight excluding hydrogens is 184 g/mol. The molecule has 0 saturated heterocycles. The van der Waals surface area contributed by atoms with Crippen LogP contribution in [-0.4, -0.2) is 6.29 Å². The van der Waals surface area contributed by atoms with Gasteiger partial charge in [-0.15, -0.1) is 0 Å². The van der Waals surface area contributed by atoms with E-state index in [1.165, 1.54) is 6.42 Å². The molecule has 0 aliphatic rings. The summed E-state index contributed by atoms with van der Waals surface area (Å²) >= 11 is 0. The molecule has 0 bridgehead atoms. The van der Waals surface area contributed by atoms with Crippen LogP contribution in [0.1, 0.15) is 52.9 Å². The molecule has 0 spiro atoms. The van der Waals surface area contributed by atoms with Crippen LogP contribution in [0.3, 0.4) is 0 Å². The van der Waals surface area contributed by atoms with Crippen LogP contribution in [-0.2, 0) is 4.79 Å². The lowest BCUT2D eigenvalue weighted by atomic mass is 9.91. The molecule has 0 aliphatic carbocycles. The van der Waals surface area contributed by atoms with Gasteiger partial charge in [-0.25, -0.2) is 0 Å². The Balaban J connectivity index is 3.47. The van der Waals surface area contributed by atoms with Crippen molar-refractivity contribution in [3.8, 4) is 0 Å². The van der Waals surface area contributed by atoms with Gasteiger partial charge in [0.15, 0.2) is 0 Å². The van der Waals surface area contributed by atoms with E-state index < -0.39 is 0 Å². The molecule has 0 unspecified atom stereocenters. The van der Waals surface area contributed by atoms with Gasteiger partial charge in [0, 0.05) is 5.41 Å². The van der Waals surface area contributed by atoms with E-state index in [4.69, 9.17) is 0 Å². The van der Waals surface area contributed by atoms with Crippen LogP contribution >= 0.6 is 0 Å². The average molecular weight is 207 g/mol. The molecule has 1 radical (unpaired) electrons. The monoisotopic (exact) mass is 207 g/mol. The summed E-state index contributed by atoms with van der Waals surface area (Å²) in [4.78, 5) is 10.5. The Kier molecular flexibility index (Phi) is 7.98. The molecule has 0 aromatic rings.